The second-order valence-corrected chi connectivity index (χ2v) is 27.8. The van der Waals surface area contributed by atoms with Gasteiger partial charge in [-0.3, -0.25) is 38.6 Å². The maximum absolute atomic E-state index is 14.1. The van der Waals surface area contributed by atoms with Crippen LogP contribution in [0.5, 0.6) is 34.5 Å². The summed E-state index contributed by atoms with van der Waals surface area (Å²) in [5.41, 5.74) is -3.54. The lowest BCUT2D eigenvalue weighted by atomic mass is 9.70. The summed E-state index contributed by atoms with van der Waals surface area (Å²) in [7, 11) is 5.85. The van der Waals surface area contributed by atoms with Gasteiger partial charge in [0.1, 0.15) is 51.8 Å². The Balaban J connectivity index is 0.000000179. The number of fused-ring (bicyclic) bond motifs is 12. The SMILES string of the molecule is COc1cccc2c1C(=O)c1c(O)c3c(c(O)c1C2=O)C[C@@](O)(/C(CO)=N/NC(=O)C(C)C)C[C@@H]3O[C@@H]1C[C@@H](C)[C@H]2O[C@@H]3[C@@H](OC)OCCN3[C@H]2C1.COc1cccc2c1C(=O)c1c(O)c3c(c(O)c1C2=O)C[C@@](O)(C(=O)C(C)C)C[C@@H]3O[C@H]1C[C@H]2[C@H](O[C@@H]3[C@@H](OC)OCCN32)[C@H](C)O1. The minimum Gasteiger partial charge on any atom is -0.507 e. The van der Waals surface area contributed by atoms with E-state index in [2.05, 4.69) is 27.3 Å². The Morgan fingerprint density at radius 3 is 1.60 bits per heavy atom. The molecule has 10 aliphatic rings. The van der Waals surface area contributed by atoms with Crippen LogP contribution < -0.4 is 14.9 Å². The van der Waals surface area contributed by atoms with Crippen LogP contribution in [-0.4, -0.2) is 226 Å². The van der Waals surface area contributed by atoms with Crippen molar-refractivity contribution in [1.29, 1.82) is 0 Å². The number of nitrogens with one attached hydrogen (secondary N) is 1. The predicted molar refractivity (Wildman–Crippen MR) is 344 cm³/mol. The van der Waals surface area contributed by atoms with E-state index in [0.717, 1.165) is 0 Å². The molecule has 28 nitrogen and oxygen atoms in total. The van der Waals surface area contributed by atoms with Gasteiger partial charge in [0.15, 0.2) is 48.7 Å². The smallest absolute Gasteiger partial charge is 0.242 e. The molecule has 532 valence electrons. The van der Waals surface area contributed by atoms with Gasteiger partial charge < -0.3 is 87.9 Å². The normalized spacial score (nSPS) is 32.2. The molecular weight excluding hydrogens is 1290 g/mol. The van der Waals surface area contributed by atoms with Gasteiger partial charge in [0.25, 0.3) is 0 Å². The third kappa shape index (κ3) is 11.6. The number of hydrazone groups is 1. The Bertz CT molecular complexity index is 3990. The van der Waals surface area contributed by atoms with Crippen LogP contribution in [0.3, 0.4) is 0 Å². The number of Topliss-reactive ketones (excluding diaryl/α,β-unsaturated/α-hetero) is 1. The summed E-state index contributed by atoms with van der Waals surface area (Å²) in [4.78, 5) is 86.0. The fourth-order valence-electron chi connectivity index (χ4n) is 16.7. The Morgan fingerprint density at radius 2 is 1.10 bits per heavy atom. The minimum absolute atomic E-state index is 0.00341. The van der Waals surface area contributed by atoms with Crippen LogP contribution in [0.4, 0.5) is 0 Å². The van der Waals surface area contributed by atoms with E-state index in [1.165, 1.54) is 38.5 Å². The highest BCUT2D eigenvalue weighted by Crippen LogP contribution is 2.56. The monoisotopic (exact) mass is 1380 g/mol. The molecular formula is C71H84N4O24. The molecule has 4 aromatic rings. The van der Waals surface area contributed by atoms with E-state index in [0.29, 0.717) is 45.6 Å². The van der Waals surface area contributed by atoms with Crippen LogP contribution in [0.15, 0.2) is 41.5 Å². The standard InChI is InChI=1S/C37H45N3O12.C34H39NO12/c1-16(2)34(46)39-38-24(15-41)37(47)13-20-26(32(45)28-27(30(20)43)29(42)19-7-6-8-22(48-4)25(19)31(28)44)23(14-37)51-18-11-17(3)33-21(12-18)40-9-10-50-36(49-5)35(40)52-33;1-14(2)31(40)34(41)12-17-23(29(39)25-24(27(17)37)26(36)16-7-6-8-19(42-4)22(16)28(25)38)20(13-34)46-21-11-18-30(15(3)45-21)47-32-33(43-5)44-10-9-35(18)32/h6-8,16-18,21,23,33,35-36,41,43,45,47H,9-15H2,1-5H3,(H,39,46);6-8,14-15,18,20-21,30,32-33,37,39,41H,9-13H2,1-5H3/b38-24+;/t17-,18-,21+,23+,33-,35-,36+,37+;15-,18-,20-,21-,30+,32+,33-,34-/m10/s1. The van der Waals surface area contributed by atoms with E-state index in [9.17, 15) is 64.5 Å². The number of hydrogen-bond donors (Lipinski definition) is 8. The molecule has 0 aromatic heterocycles. The van der Waals surface area contributed by atoms with E-state index in [1.807, 2.05) is 6.92 Å². The van der Waals surface area contributed by atoms with Gasteiger partial charge in [-0.1, -0.05) is 58.9 Å². The number of aliphatic hydroxyl groups is 3. The molecule has 16 atom stereocenters. The molecule has 4 aromatic carbocycles. The van der Waals surface area contributed by atoms with Gasteiger partial charge in [-0.2, -0.15) is 5.10 Å². The van der Waals surface area contributed by atoms with Gasteiger partial charge in [-0.25, -0.2) is 5.43 Å². The van der Waals surface area contributed by atoms with Gasteiger partial charge >= 0.3 is 0 Å². The minimum atomic E-state index is -2.02. The first-order valence-corrected chi connectivity index (χ1v) is 33.5. The number of methoxy groups -OCH3 is 4. The largest absolute Gasteiger partial charge is 0.507 e. The second kappa shape index (κ2) is 26.9. The third-order valence-corrected chi connectivity index (χ3v) is 21.3. The van der Waals surface area contributed by atoms with Crippen LogP contribution >= 0.6 is 0 Å². The number of phenolic OH excluding ortho intramolecular Hbond substituents is 4. The summed E-state index contributed by atoms with van der Waals surface area (Å²) in [6.07, 6.45) is -6.50. The number of carbonyl (C=O) groups excluding carboxylic acids is 6. The number of hydrogen-bond acceptors (Lipinski definition) is 27. The van der Waals surface area contributed by atoms with Crippen molar-refractivity contribution < 1.29 is 117 Å². The van der Waals surface area contributed by atoms with Gasteiger partial charge in [-0.15, -0.1) is 0 Å². The van der Waals surface area contributed by atoms with E-state index in [1.54, 1.807) is 54.0 Å². The van der Waals surface area contributed by atoms with E-state index >= 15 is 0 Å². The van der Waals surface area contributed by atoms with Crippen LogP contribution in [0.2, 0.25) is 0 Å². The van der Waals surface area contributed by atoms with E-state index < -0.39 is 167 Å². The van der Waals surface area contributed by atoms with E-state index in [-0.39, 0.29) is 116 Å². The molecule has 0 radical (unpaired) electrons. The lowest BCUT2D eigenvalue weighted by molar-refractivity contribution is -0.256. The Hall–Kier alpha value is -7.39. The number of nitrogens with zero attached hydrogens (tertiary/aromatic N) is 3. The molecule has 28 heteroatoms. The number of amides is 1. The predicted octanol–water partition coefficient (Wildman–Crippen LogP) is 4.31. The van der Waals surface area contributed by atoms with Gasteiger partial charge in [0, 0.05) is 117 Å². The van der Waals surface area contributed by atoms with Crippen LogP contribution in [-0.2, 0) is 65.1 Å². The molecule has 0 spiro atoms. The number of carbonyl (C=O) groups is 6. The van der Waals surface area contributed by atoms with Crippen molar-refractivity contribution in [3.8, 4) is 34.5 Å². The maximum atomic E-state index is 14.1. The summed E-state index contributed by atoms with van der Waals surface area (Å²) in [6.45, 7) is 11.9. The number of morpholine rings is 2. The molecule has 0 bridgehead atoms. The molecule has 14 rings (SSSR count). The molecule has 0 unspecified atom stereocenters. The molecule has 5 heterocycles. The van der Waals surface area contributed by atoms with Crippen LogP contribution in [0, 0.1) is 17.8 Å². The van der Waals surface area contributed by atoms with Crippen molar-refractivity contribution in [3.63, 3.8) is 0 Å². The molecule has 5 saturated heterocycles. The Labute approximate surface area is 569 Å². The van der Waals surface area contributed by atoms with E-state index in [4.69, 9.17) is 52.1 Å². The topological polar surface area (TPSA) is 376 Å². The molecule has 8 N–H and O–H groups in total. The number of phenols is 4. The highest BCUT2D eigenvalue weighted by molar-refractivity contribution is 6.32. The highest BCUT2D eigenvalue weighted by atomic mass is 16.7. The summed E-state index contributed by atoms with van der Waals surface area (Å²) in [5, 5.41) is 86.1. The van der Waals surface area contributed by atoms with Crippen molar-refractivity contribution in [2.45, 2.75) is 178 Å². The Kier molecular flexibility index (Phi) is 19.0. The molecule has 1 amide bonds. The van der Waals surface area contributed by atoms with Crippen molar-refractivity contribution in [1.82, 2.24) is 15.2 Å². The number of ketones is 5. The molecule has 6 fully saturated rings. The maximum Gasteiger partial charge on any atom is 0.242 e. The summed E-state index contributed by atoms with van der Waals surface area (Å²) < 4.78 is 65.6. The lowest BCUT2D eigenvalue weighted by Gasteiger charge is -2.44. The molecule has 99 heavy (non-hydrogen) atoms. The number of aromatic hydroxyl groups is 4. The first-order chi connectivity index (χ1) is 47.2. The summed E-state index contributed by atoms with van der Waals surface area (Å²) in [5.74, 6) is -6.81. The first-order valence-electron chi connectivity index (χ1n) is 33.5. The zero-order chi connectivity index (χ0) is 70.7. The fraction of sp³-hybridized carbons (Fsp3) is 0.563. The number of ether oxygens (including phenoxy) is 11. The van der Waals surface area contributed by atoms with Gasteiger partial charge in [0.05, 0.1) is 104 Å². The van der Waals surface area contributed by atoms with Crippen molar-refractivity contribution >= 4 is 40.5 Å². The van der Waals surface area contributed by atoms with Gasteiger partial charge in [0.2, 0.25) is 17.5 Å². The van der Waals surface area contributed by atoms with Crippen molar-refractivity contribution in [2.75, 3.05) is 61.3 Å². The number of rotatable bonds is 14. The van der Waals surface area contributed by atoms with Gasteiger partial charge in [-0.05, 0) is 37.8 Å². The third-order valence-electron chi connectivity index (χ3n) is 21.3. The number of aliphatic hydroxyl groups excluding tert-OH is 1. The summed E-state index contributed by atoms with van der Waals surface area (Å²) >= 11 is 0. The fourth-order valence-corrected chi connectivity index (χ4v) is 16.7. The van der Waals surface area contributed by atoms with Crippen molar-refractivity contribution in [3.05, 3.63) is 103 Å². The van der Waals surface area contributed by atoms with Crippen LogP contribution in [0.1, 0.15) is 172 Å². The van der Waals surface area contributed by atoms with Crippen LogP contribution in [0.25, 0.3) is 0 Å². The highest BCUT2D eigenvalue weighted by Gasteiger charge is 2.58. The average Bonchev–Trinajstić information content (AvgIpc) is 1.61. The zero-order valence-corrected chi connectivity index (χ0v) is 56.6. The molecule has 5 aliphatic heterocycles. The zero-order valence-electron chi connectivity index (χ0n) is 56.6. The number of benzene rings is 4. The summed E-state index contributed by atoms with van der Waals surface area (Å²) in [6, 6.07) is 8.83. The molecule has 1 saturated carbocycles. The average molecular weight is 1380 g/mol. The quantitative estimate of drug-likeness (QED) is 0.0428. The second-order valence-electron chi connectivity index (χ2n) is 27.8. The molecule has 5 aliphatic carbocycles. The Morgan fingerprint density at radius 1 is 0.616 bits per heavy atom. The van der Waals surface area contributed by atoms with Crippen molar-refractivity contribution in [2.24, 2.45) is 22.9 Å². The first kappa shape index (κ1) is 70.1. The lowest BCUT2D eigenvalue weighted by Crippen LogP contribution is -2.55.